The van der Waals surface area contributed by atoms with E-state index < -0.39 is 5.60 Å². The van der Waals surface area contributed by atoms with Crippen LogP contribution in [0.1, 0.15) is 56.7 Å². The van der Waals surface area contributed by atoms with Crippen molar-refractivity contribution < 1.29 is 23.9 Å². The lowest BCUT2D eigenvalue weighted by Crippen LogP contribution is -2.52. The number of aromatic nitrogens is 2. The van der Waals surface area contributed by atoms with E-state index in [1.807, 2.05) is 52.1 Å². The number of hydrogen-bond acceptors (Lipinski definition) is 6. The maximum atomic E-state index is 13.6. The predicted octanol–water partition coefficient (Wildman–Crippen LogP) is 5.20. The van der Waals surface area contributed by atoms with Crippen molar-refractivity contribution in [2.75, 3.05) is 31.6 Å². The van der Waals surface area contributed by atoms with Gasteiger partial charge in [-0.25, -0.2) is 14.1 Å². The number of urea groups is 1. The zero-order chi connectivity index (χ0) is 29.3. The van der Waals surface area contributed by atoms with Crippen LogP contribution in [0.5, 0.6) is 5.75 Å². The lowest BCUT2D eigenvalue weighted by molar-refractivity contribution is -0.129. The SMILES string of the molecule is COc1cc(C)ccc1CN1C(=O)CCN(c2cnn3ccc(CC4CCN(C(=O)OC(C)(C)C)CC4)cc23)C1=O. The van der Waals surface area contributed by atoms with E-state index in [-0.39, 0.29) is 31.0 Å². The van der Waals surface area contributed by atoms with E-state index in [0.717, 1.165) is 41.5 Å². The molecule has 0 N–H and O–H groups in total. The number of pyridine rings is 1. The van der Waals surface area contributed by atoms with Gasteiger partial charge in [-0.2, -0.15) is 5.10 Å². The first-order chi connectivity index (χ1) is 19.5. The van der Waals surface area contributed by atoms with E-state index in [1.165, 1.54) is 4.90 Å². The van der Waals surface area contributed by atoms with Gasteiger partial charge in [0.05, 0.1) is 31.1 Å². The summed E-state index contributed by atoms with van der Waals surface area (Å²) in [4.78, 5) is 43.6. The van der Waals surface area contributed by atoms with Crippen molar-refractivity contribution >= 4 is 29.2 Å². The monoisotopic (exact) mass is 561 g/mol. The second-order valence-corrected chi connectivity index (χ2v) is 12.0. The van der Waals surface area contributed by atoms with Gasteiger partial charge in [-0.3, -0.25) is 14.6 Å². The number of aryl methyl sites for hydroxylation is 1. The summed E-state index contributed by atoms with van der Waals surface area (Å²) in [5.74, 6) is 0.890. The minimum atomic E-state index is -0.500. The van der Waals surface area contributed by atoms with Gasteiger partial charge in [-0.1, -0.05) is 12.1 Å². The van der Waals surface area contributed by atoms with Crippen LogP contribution in [0.25, 0.3) is 5.52 Å². The molecule has 0 atom stereocenters. The van der Waals surface area contributed by atoms with Crippen LogP contribution >= 0.6 is 0 Å². The average Bonchev–Trinajstić information content (AvgIpc) is 3.34. The molecule has 0 bridgehead atoms. The molecule has 10 heteroatoms. The van der Waals surface area contributed by atoms with Crippen molar-refractivity contribution in [1.82, 2.24) is 19.4 Å². The maximum Gasteiger partial charge on any atom is 0.410 e. The van der Waals surface area contributed by atoms with Crippen LogP contribution in [-0.2, 0) is 22.5 Å². The van der Waals surface area contributed by atoms with E-state index >= 15 is 0 Å². The molecule has 10 nitrogen and oxygen atoms in total. The highest BCUT2D eigenvalue weighted by Crippen LogP contribution is 2.30. The quantitative estimate of drug-likeness (QED) is 0.411. The number of hydrogen-bond donors (Lipinski definition) is 0. The van der Waals surface area contributed by atoms with Gasteiger partial charge in [0.25, 0.3) is 0 Å². The summed E-state index contributed by atoms with van der Waals surface area (Å²) in [5, 5.41) is 4.48. The zero-order valence-corrected chi connectivity index (χ0v) is 24.6. The largest absolute Gasteiger partial charge is 0.496 e. The Labute approximate surface area is 240 Å². The van der Waals surface area contributed by atoms with Gasteiger partial charge >= 0.3 is 12.1 Å². The number of piperidine rings is 1. The third-order valence-corrected chi connectivity index (χ3v) is 7.73. The molecule has 3 aromatic rings. The molecule has 2 aliphatic rings. The lowest BCUT2D eigenvalue weighted by Gasteiger charge is -2.34. The molecule has 0 spiro atoms. The van der Waals surface area contributed by atoms with Crippen LogP contribution in [0.2, 0.25) is 0 Å². The van der Waals surface area contributed by atoms with E-state index in [4.69, 9.17) is 9.47 Å². The summed E-state index contributed by atoms with van der Waals surface area (Å²) < 4.78 is 12.8. The first-order valence-electron chi connectivity index (χ1n) is 14.2. The Balaban J connectivity index is 1.29. The van der Waals surface area contributed by atoms with Crippen molar-refractivity contribution in [3.63, 3.8) is 0 Å². The van der Waals surface area contributed by atoms with Crippen molar-refractivity contribution in [3.05, 3.63) is 59.4 Å². The molecule has 2 aliphatic heterocycles. The Kier molecular flexibility index (Phi) is 7.93. The molecule has 2 aromatic heterocycles. The smallest absolute Gasteiger partial charge is 0.410 e. The molecular weight excluding hydrogens is 522 g/mol. The molecule has 4 amide bonds. The minimum Gasteiger partial charge on any atom is -0.496 e. The second kappa shape index (κ2) is 11.4. The van der Waals surface area contributed by atoms with Crippen molar-refractivity contribution in [3.8, 4) is 5.75 Å². The first-order valence-corrected chi connectivity index (χ1v) is 14.2. The second-order valence-electron chi connectivity index (χ2n) is 12.0. The fourth-order valence-electron chi connectivity index (χ4n) is 5.55. The number of carbonyl (C=O) groups is 3. The van der Waals surface area contributed by atoms with E-state index in [9.17, 15) is 14.4 Å². The molecule has 2 saturated heterocycles. The van der Waals surface area contributed by atoms with Gasteiger partial charge < -0.3 is 14.4 Å². The lowest BCUT2D eigenvalue weighted by atomic mass is 9.90. The van der Waals surface area contributed by atoms with Gasteiger partial charge in [0, 0.05) is 37.8 Å². The number of likely N-dealkylation sites (tertiary alicyclic amines) is 1. The molecule has 5 rings (SSSR count). The number of rotatable bonds is 6. The third-order valence-electron chi connectivity index (χ3n) is 7.73. The van der Waals surface area contributed by atoms with Gasteiger partial charge in [0.15, 0.2) is 0 Å². The first kappa shape index (κ1) is 28.4. The molecule has 218 valence electrons. The van der Waals surface area contributed by atoms with Gasteiger partial charge in [0.2, 0.25) is 5.91 Å². The summed E-state index contributed by atoms with van der Waals surface area (Å²) in [6.07, 6.45) is 6.26. The highest BCUT2D eigenvalue weighted by molar-refractivity contribution is 6.07. The van der Waals surface area contributed by atoms with E-state index in [1.54, 1.807) is 27.6 Å². The van der Waals surface area contributed by atoms with E-state index in [0.29, 0.717) is 37.0 Å². The predicted molar refractivity (Wildman–Crippen MR) is 155 cm³/mol. The number of ether oxygens (including phenoxy) is 2. The number of amides is 4. The summed E-state index contributed by atoms with van der Waals surface area (Å²) in [7, 11) is 1.59. The number of anilines is 1. The summed E-state index contributed by atoms with van der Waals surface area (Å²) in [6, 6.07) is 9.52. The fourth-order valence-corrected chi connectivity index (χ4v) is 5.55. The van der Waals surface area contributed by atoms with Crippen molar-refractivity contribution in [1.29, 1.82) is 0 Å². The topological polar surface area (TPSA) is 96.7 Å². The van der Waals surface area contributed by atoms with Crippen LogP contribution in [0, 0.1) is 12.8 Å². The molecule has 0 radical (unpaired) electrons. The molecule has 2 fully saturated rings. The molecule has 1 aromatic carbocycles. The fraction of sp³-hybridized carbons (Fsp3) is 0.484. The van der Waals surface area contributed by atoms with Crippen molar-refractivity contribution in [2.45, 2.75) is 65.5 Å². The zero-order valence-electron chi connectivity index (χ0n) is 24.6. The molecule has 0 unspecified atom stereocenters. The number of imide groups is 1. The molecule has 41 heavy (non-hydrogen) atoms. The third kappa shape index (κ3) is 6.31. The average molecular weight is 562 g/mol. The minimum absolute atomic E-state index is 0.143. The summed E-state index contributed by atoms with van der Waals surface area (Å²) in [6.45, 7) is 9.41. The summed E-state index contributed by atoms with van der Waals surface area (Å²) in [5.41, 5.74) is 3.98. The summed E-state index contributed by atoms with van der Waals surface area (Å²) >= 11 is 0. The highest BCUT2D eigenvalue weighted by Gasteiger charge is 2.35. The Bertz CT molecular complexity index is 1450. The Morgan fingerprint density at radius 3 is 2.54 bits per heavy atom. The van der Waals surface area contributed by atoms with Crippen LogP contribution < -0.4 is 9.64 Å². The maximum absolute atomic E-state index is 13.6. The standard InChI is InChI=1S/C31H39N5O5/c1-21-6-7-24(27(16-21)40-5)20-35-28(37)11-14-34(29(35)38)26-19-32-36-15-10-23(18-25(26)36)17-22-8-12-33(13-9-22)30(39)41-31(2,3)4/h6-7,10,15-16,18-19,22H,8-9,11-14,17,20H2,1-5H3. The Morgan fingerprint density at radius 1 is 1.07 bits per heavy atom. The van der Waals surface area contributed by atoms with E-state index in [2.05, 4.69) is 17.2 Å². The number of nitrogens with zero attached hydrogens (tertiary/aromatic N) is 5. The van der Waals surface area contributed by atoms with Crippen molar-refractivity contribution in [2.24, 2.45) is 5.92 Å². The van der Waals surface area contributed by atoms with Gasteiger partial charge in [-0.05, 0) is 82.2 Å². The molecular formula is C31H39N5O5. The number of methoxy groups -OCH3 is 1. The normalized spacial score (nSPS) is 17.0. The molecule has 4 heterocycles. The molecule has 0 aliphatic carbocycles. The van der Waals surface area contributed by atoms with Crippen LogP contribution in [0.4, 0.5) is 15.3 Å². The molecule has 0 saturated carbocycles. The Hall–Kier alpha value is -4.08. The number of benzene rings is 1. The number of carbonyl (C=O) groups excluding carboxylic acids is 3. The van der Waals surface area contributed by atoms with Crippen LogP contribution in [0.15, 0.2) is 42.7 Å². The Morgan fingerprint density at radius 2 is 1.83 bits per heavy atom. The number of fused-ring (bicyclic) bond motifs is 1. The van der Waals surface area contributed by atoms with Crippen LogP contribution in [0.3, 0.4) is 0 Å². The highest BCUT2D eigenvalue weighted by atomic mass is 16.6. The van der Waals surface area contributed by atoms with Gasteiger partial charge in [0.1, 0.15) is 11.4 Å². The van der Waals surface area contributed by atoms with Gasteiger partial charge in [-0.15, -0.1) is 0 Å². The van der Waals surface area contributed by atoms with Crippen LogP contribution in [-0.4, -0.2) is 69.8 Å².